The van der Waals surface area contributed by atoms with E-state index in [1.165, 1.54) is 30.1 Å². The standard InChI is InChI=1S/C10H15N3/c1-2-13-5-8-9(6-13)12-10(11-8)7-3-4-7/h7H,2-6H2,1H3,(H,11,12). The van der Waals surface area contributed by atoms with Gasteiger partial charge >= 0.3 is 0 Å². The third-order valence-corrected chi connectivity index (χ3v) is 3.05. The van der Waals surface area contributed by atoms with Crippen molar-refractivity contribution in [2.24, 2.45) is 0 Å². The molecule has 70 valence electrons. The molecule has 3 rings (SSSR count). The predicted molar refractivity (Wildman–Crippen MR) is 50.4 cm³/mol. The summed E-state index contributed by atoms with van der Waals surface area (Å²) in [6, 6.07) is 0. The molecule has 1 aromatic heterocycles. The number of fused-ring (bicyclic) bond motifs is 1. The van der Waals surface area contributed by atoms with Gasteiger partial charge in [0.25, 0.3) is 0 Å². The molecule has 3 nitrogen and oxygen atoms in total. The molecule has 1 aliphatic heterocycles. The summed E-state index contributed by atoms with van der Waals surface area (Å²) in [5, 5.41) is 0. The quantitative estimate of drug-likeness (QED) is 0.744. The number of aromatic nitrogens is 2. The minimum atomic E-state index is 0.765. The highest BCUT2D eigenvalue weighted by Crippen LogP contribution is 2.39. The third-order valence-electron chi connectivity index (χ3n) is 3.05. The maximum absolute atomic E-state index is 4.65. The van der Waals surface area contributed by atoms with Gasteiger partial charge in [-0.05, 0) is 19.4 Å². The maximum atomic E-state index is 4.65. The van der Waals surface area contributed by atoms with Crippen LogP contribution in [0.25, 0.3) is 0 Å². The molecule has 1 fully saturated rings. The Kier molecular flexibility index (Phi) is 1.50. The summed E-state index contributed by atoms with van der Waals surface area (Å²) < 4.78 is 0. The molecular formula is C10H15N3. The van der Waals surface area contributed by atoms with Gasteiger partial charge in [-0.2, -0.15) is 0 Å². The Balaban J connectivity index is 1.85. The lowest BCUT2D eigenvalue weighted by atomic mass is 10.4. The molecule has 1 N–H and O–H groups in total. The first-order valence-corrected chi connectivity index (χ1v) is 5.17. The van der Waals surface area contributed by atoms with Gasteiger partial charge in [0.2, 0.25) is 0 Å². The third kappa shape index (κ3) is 1.18. The predicted octanol–water partition coefficient (Wildman–Crippen LogP) is 1.62. The van der Waals surface area contributed by atoms with Crippen molar-refractivity contribution in [1.82, 2.24) is 14.9 Å². The Labute approximate surface area is 78.2 Å². The average molecular weight is 177 g/mol. The largest absolute Gasteiger partial charge is 0.344 e. The number of hydrogen-bond donors (Lipinski definition) is 1. The highest BCUT2D eigenvalue weighted by molar-refractivity contribution is 5.22. The Hall–Kier alpha value is -0.830. The molecular weight excluding hydrogens is 162 g/mol. The van der Waals surface area contributed by atoms with Crippen LogP contribution in [0.4, 0.5) is 0 Å². The van der Waals surface area contributed by atoms with Crippen molar-refractivity contribution in [3.05, 3.63) is 17.2 Å². The van der Waals surface area contributed by atoms with Crippen LogP contribution in [0.2, 0.25) is 0 Å². The van der Waals surface area contributed by atoms with E-state index >= 15 is 0 Å². The Morgan fingerprint density at radius 3 is 2.92 bits per heavy atom. The van der Waals surface area contributed by atoms with Crippen LogP contribution in [0.1, 0.15) is 42.9 Å². The molecule has 2 aliphatic rings. The minimum Gasteiger partial charge on any atom is -0.344 e. The van der Waals surface area contributed by atoms with E-state index in [4.69, 9.17) is 0 Å². The van der Waals surface area contributed by atoms with Crippen LogP contribution in [0.5, 0.6) is 0 Å². The van der Waals surface area contributed by atoms with E-state index in [0.29, 0.717) is 0 Å². The van der Waals surface area contributed by atoms with Gasteiger partial charge in [0, 0.05) is 19.0 Å². The molecule has 0 unspecified atom stereocenters. The second kappa shape index (κ2) is 2.58. The van der Waals surface area contributed by atoms with Gasteiger partial charge in [0.15, 0.2) is 0 Å². The lowest BCUT2D eigenvalue weighted by Crippen LogP contribution is -2.15. The topological polar surface area (TPSA) is 31.9 Å². The van der Waals surface area contributed by atoms with Crippen molar-refractivity contribution < 1.29 is 0 Å². The summed E-state index contributed by atoms with van der Waals surface area (Å²) >= 11 is 0. The normalized spacial score (nSPS) is 22.2. The smallest absolute Gasteiger partial charge is 0.109 e. The molecule has 1 saturated carbocycles. The van der Waals surface area contributed by atoms with Crippen LogP contribution in [-0.2, 0) is 13.1 Å². The zero-order valence-corrected chi connectivity index (χ0v) is 8.01. The molecule has 0 amide bonds. The van der Waals surface area contributed by atoms with Crippen molar-refractivity contribution >= 4 is 0 Å². The van der Waals surface area contributed by atoms with E-state index in [0.717, 1.165) is 25.6 Å². The highest BCUT2D eigenvalue weighted by atomic mass is 15.2. The van der Waals surface area contributed by atoms with Gasteiger partial charge in [-0.15, -0.1) is 0 Å². The lowest BCUT2D eigenvalue weighted by molar-refractivity contribution is 0.295. The van der Waals surface area contributed by atoms with Crippen molar-refractivity contribution in [1.29, 1.82) is 0 Å². The SMILES string of the molecule is CCN1Cc2nc(C3CC3)[nH]c2C1. The first-order chi connectivity index (χ1) is 6.36. The molecule has 0 atom stereocenters. The fourth-order valence-electron chi connectivity index (χ4n) is 1.99. The monoisotopic (exact) mass is 177 g/mol. The average Bonchev–Trinajstić information content (AvgIpc) is 2.78. The number of nitrogens with one attached hydrogen (secondary N) is 1. The fraction of sp³-hybridized carbons (Fsp3) is 0.700. The van der Waals surface area contributed by atoms with Crippen LogP contribution in [0, 0.1) is 0 Å². The molecule has 0 spiro atoms. The number of hydrogen-bond acceptors (Lipinski definition) is 2. The first kappa shape index (κ1) is 7.56. The van der Waals surface area contributed by atoms with Crippen molar-refractivity contribution in [3.63, 3.8) is 0 Å². The van der Waals surface area contributed by atoms with Crippen LogP contribution < -0.4 is 0 Å². The lowest BCUT2D eigenvalue weighted by Gasteiger charge is -2.09. The van der Waals surface area contributed by atoms with E-state index in [2.05, 4.69) is 21.8 Å². The van der Waals surface area contributed by atoms with E-state index in [1.54, 1.807) is 0 Å². The number of imidazole rings is 1. The summed E-state index contributed by atoms with van der Waals surface area (Å²) in [6.45, 7) is 5.46. The van der Waals surface area contributed by atoms with Gasteiger partial charge in [-0.25, -0.2) is 4.98 Å². The van der Waals surface area contributed by atoms with Crippen molar-refractivity contribution in [2.45, 2.75) is 38.8 Å². The first-order valence-electron chi connectivity index (χ1n) is 5.17. The van der Waals surface area contributed by atoms with E-state index < -0.39 is 0 Å². The second-order valence-electron chi connectivity index (χ2n) is 4.12. The van der Waals surface area contributed by atoms with E-state index in [9.17, 15) is 0 Å². The molecule has 2 heterocycles. The minimum absolute atomic E-state index is 0.765. The van der Waals surface area contributed by atoms with Crippen LogP contribution in [0.15, 0.2) is 0 Å². The Bertz CT molecular complexity index is 301. The van der Waals surface area contributed by atoms with Crippen LogP contribution in [0.3, 0.4) is 0 Å². The van der Waals surface area contributed by atoms with E-state index in [-0.39, 0.29) is 0 Å². The highest BCUT2D eigenvalue weighted by Gasteiger charge is 2.30. The molecule has 1 aliphatic carbocycles. The van der Waals surface area contributed by atoms with Gasteiger partial charge < -0.3 is 4.98 Å². The van der Waals surface area contributed by atoms with Gasteiger partial charge in [0.05, 0.1) is 11.4 Å². The van der Waals surface area contributed by atoms with Gasteiger partial charge in [0.1, 0.15) is 5.82 Å². The summed E-state index contributed by atoms with van der Waals surface area (Å²) in [5.41, 5.74) is 2.66. The molecule has 1 aromatic rings. The molecule has 13 heavy (non-hydrogen) atoms. The van der Waals surface area contributed by atoms with Crippen molar-refractivity contribution in [3.8, 4) is 0 Å². The molecule has 3 heteroatoms. The zero-order chi connectivity index (χ0) is 8.84. The number of nitrogens with zero attached hydrogens (tertiary/aromatic N) is 2. The Morgan fingerprint density at radius 2 is 2.31 bits per heavy atom. The summed E-state index contributed by atoms with van der Waals surface area (Å²) in [6.07, 6.45) is 2.67. The fourth-order valence-corrected chi connectivity index (χ4v) is 1.99. The molecule has 0 radical (unpaired) electrons. The van der Waals surface area contributed by atoms with Crippen molar-refractivity contribution in [2.75, 3.05) is 6.54 Å². The maximum Gasteiger partial charge on any atom is 0.109 e. The van der Waals surface area contributed by atoms with Gasteiger partial charge in [-0.3, -0.25) is 4.90 Å². The second-order valence-corrected chi connectivity index (χ2v) is 4.12. The number of H-pyrrole nitrogens is 1. The van der Waals surface area contributed by atoms with Crippen LogP contribution in [-0.4, -0.2) is 21.4 Å². The number of rotatable bonds is 2. The molecule has 0 aromatic carbocycles. The van der Waals surface area contributed by atoms with Crippen LogP contribution >= 0.6 is 0 Å². The Morgan fingerprint density at radius 1 is 1.46 bits per heavy atom. The van der Waals surface area contributed by atoms with E-state index in [1.807, 2.05) is 0 Å². The number of aromatic amines is 1. The van der Waals surface area contributed by atoms with Gasteiger partial charge in [-0.1, -0.05) is 6.92 Å². The summed E-state index contributed by atoms with van der Waals surface area (Å²) in [5.74, 6) is 2.02. The summed E-state index contributed by atoms with van der Waals surface area (Å²) in [4.78, 5) is 10.5. The summed E-state index contributed by atoms with van der Waals surface area (Å²) in [7, 11) is 0. The molecule has 0 saturated heterocycles. The molecule has 0 bridgehead atoms. The zero-order valence-electron chi connectivity index (χ0n) is 8.01.